The average molecular weight is 195 g/mol. The Hall–Kier alpha value is -0.930. The molecule has 1 aromatic carbocycles. The summed E-state index contributed by atoms with van der Waals surface area (Å²) >= 11 is 0. The summed E-state index contributed by atoms with van der Waals surface area (Å²) < 4.78 is 13.1. The number of rotatable bonds is 1. The molecule has 1 fully saturated rings. The van der Waals surface area contributed by atoms with Gasteiger partial charge in [0.1, 0.15) is 5.82 Å². The Kier molecular flexibility index (Phi) is 2.09. The average Bonchev–Trinajstić information content (AvgIpc) is 1.99. The summed E-state index contributed by atoms with van der Waals surface area (Å²) in [7, 11) is 0. The fourth-order valence-corrected chi connectivity index (χ4v) is 2.04. The maximum Gasteiger partial charge on any atom is 0.123 e. The zero-order valence-electron chi connectivity index (χ0n) is 8.13. The third-order valence-corrected chi connectivity index (χ3v) is 2.82. The van der Waals surface area contributed by atoms with Crippen LogP contribution in [-0.4, -0.2) is 11.2 Å². The highest BCUT2D eigenvalue weighted by atomic mass is 19.1. The predicted octanol–water partition coefficient (Wildman–Crippen LogP) is 1.44. The number of hydrogen-bond donors (Lipinski definition) is 2. The molecule has 0 radical (unpaired) electrons. The monoisotopic (exact) mass is 195 g/mol. The third kappa shape index (κ3) is 1.53. The molecule has 0 aliphatic heterocycles. The molecule has 0 amide bonds. The van der Waals surface area contributed by atoms with Gasteiger partial charge in [-0.25, -0.2) is 4.39 Å². The Balaban J connectivity index is 2.32. The molecule has 3 N–H and O–H groups in total. The lowest BCUT2D eigenvalue weighted by Crippen LogP contribution is -2.51. The molecule has 14 heavy (non-hydrogen) atoms. The largest absolute Gasteiger partial charge is 0.393 e. The van der Waals surface area contributed by atoms with E-state index in [9.17, 15) is 9.50 Å². The summed E-state index contributed by atoms with van der Waals surface area (Å²) in [5.41, 5.74) is 7.16. The predicted molar refractivity (Wildman–Crippen MR) is 52.2 cm³/mol. The minimum Gasteiger partial charge on any atom is -0.393 e. The van der Waals surface area contributed by atoms with Crippen LogP contribution in [-0.2, 0) is 5.54 Å². The number of hydrogen-bond acceptors (Lipinski definition) is 2. The minimum absolute atomic E-state index is 0.258. The quantitative estimate of drug-likeness (QED) is 0.712. The van der Waals surface area contributed by atoms with Crippen LogP contribution in [0.15, 0.2) is 18.2 Å². The molecule has 0 aromatic heterocycles. The van der Waals surface area contributed by atoms with Crippen LogP contribution in [0.1, 0.15) is 24.0 Å². The van der Waals surface area contributed by atoms with Crippen LogP contribution in [0.3, 0.4) is 0 Å². The van der Waals surface area contributed by atoms with Crippen molar-refractivity contribution < 1.29 is 9.50 Å². The van der Waals surface area contributed by atoms with Gasteiger partial charge in [0.25, 0.3) is 0 Å². The van der Waals surface area contributed by atoms with Crippen LogP contribution < -0.4 is 5.73 Å². The van der Waals surface area contributed by atoms with Gasteiger partial charge in [-0.1, -0.05) is 6.07 Å². The van der Waals surface area contributed by atoms with E-state index in [1.807, 2.05) is 13.0 Å². The maximum absolute atomic E-state index is 13.1. The van der Waals surface area contributed by atoms with Crippen molar-refractivity contribution in [3.05, 3.63) is 35.1 Å². The number of halogens is 1. The molecule has 0 spiro atoms. The molecule has 2 rings (SSSR count). The van der Waals surface area contributed by atoms with Crippen molar-refractivity contribution in [3.63, 3.8) is 0 Å². The molecular formula is C11H14FNO. The Morgan fingerprint density at radius 2 is 2.07 bits per heavy atom. The fraction of sp³-hybridized carbons (Fsp3) is 0.455. The third-order valence-electron chi connectivity index (χ3n) is 2.82. The van der Waals surface area contributed by atoms with E-state index in [0.29, 0.717) is 12.8 Å². The number of aliphatic hydroxyl groups excluding tert-OH is 1. The summed E-state index contributed by atoms with van der Waals surface area (Å²) in [6.07, 6.45) is 0.717. The van der Waals surface area contributed by atoms with Gasteiger partial charge in [-0.05, 0) is 43.0 Å². The first-order chi connectivity index (χ1) is 6.49. The van der Waals surface area contributed by atoms with Crippen molar-refractivity contribution in [1.82, 2.24) is 0 Å². The zero-order chi connectivity index (χ0) is 10.3. The lowest BCUT2D eigenvalue weighted by molar-refractivity contribution is 0.0208. The Bertz CT molecular complexity index is 338. The molecule has 1 aliphatic rings. The Morgan fingerprint density at radius 1 is 1.43 bits per heavy atom. The maximum atomic E-state index is 13.1. The summed E-state index contributed by atoms with van der Waals surface area (Å²) in [6, 6.07) is 4.82. The fourth-order valence-electron chi connectivity index (χ4n) is 2.04. The van der Waals surface area contributed by atoms with Crippen LogP contribution >= 0.6 is 0 Å². The number of benzene rings is 1. The van der Waals surface area contributed by atoms with E-state index in [-0.39, 0.29) is 11.9 Å². The molecule has 0 heterocycles. The molecular weight excluding hydrogens is 181 g/mol. The second kappa shape index (κ2) is 3.04. The molecule has 1 saturated carbocycles. The summed E-state index contributed by atoms with van der Waals surface area (Å²) in [6.45, 7) is 1.84. The number of nitrogens with two attached hydrogens (primary N) is 1. The molecule has 2 nitrogen and oxygen atoms in total. The van der Waals surface area contributed by atoms with Crippen molar-refractivity contribution >= 4 is 0 Å². The van der Waals surface area contributed by atoms with Gasteiger partial charge >= 0.3 is 0 Å². The number of aryl methyl sites for hydroxylation is 1. The lowest BCUT2D eigenvalue weighted by atomic mass is 9.70. The molecule has 76 valence electrons. The molecule has 1 aliphatic carbocycles. The van der Waals surface area contributed by atoms with Gasteiger partial charge in [0.05, 0.1) is 6.10 Å². The first-order valence-electron chi connectivity index (χ1n) is 4.74. The smallest absolute Gasteiger partial charge is 0.123 e. The lowest BCUT2D eigenvalue weighted by Gasteiger charge is -2.42. The second-order valence-corrected chi connectivity index (χ2v) is 4.24. The minimum atomic E-state index is -0.522. The second-order valence-electron chi connectivity index (χ2n) is 4.24. The highest BCUT2D eigenvalue weighted by Gasteiger charge is 2.41. The first-order valence-corrected chi connectivity index (χ1v) is 4.74. The number of aliphatic hydroxyl groups is 1. The van der Waals surface area contributed by atoms with Crippen LogP contribution in [0.25, 0.3) is 0 Å². The van der Waals surface area contributed by atoms with Gasteiger partial charge in [-0.2, -0.15) is 0 Å². The standard InChI is InChI=1S/C11H14FNO/c1-7-2-8(4-9(12)3-7)11(13)5-10(14)6-11/h2-4,10,14H,5-6,13H2,1H3. The highest BCUT2D eigenvalue weighted by molar-refractivity contribution is 5.32. The van der Waals surface area contributed by atoms with Crippen molar-refractivity contribution in [2.75, 3.05) is 0 Å². The van der Waals surface area contributed by atoms with Crippen molar-refractivity contribution in [2.45, 2.75) is 31.4 Å². The Labute approximate surface area is 82.5 Å². The molecule has 0 unspecified atom stereocenters. The van der Waals surface area contributed by atoms with Gasteiger partial charge in [0.2, 0.25) is 0 Å². The van der Waals surface area contributed by atoms with E-state index < -0.39 is 5.54 Å². The van der Waals surface area contributed by atoms with E-state index in [0.717, 1.165) is 11.1 Å². The first kappa shape index (κ1) is 9.62. The van der Waals surface area contributed by atoms with Crippen molar-refractivity contribution in [2.24, 2.45) is 5.73 Å². The summed E-state index contributed by atoms with van der Waals surface area (Å²) in [4.78, 5) is 0. The normalized spacial score (nSPS) is 31.3. The van der Waals surface area contributed by atoms with Gasteiger partial charge < -0.3 is 10.8 Å². The van der Waals surface area contributed by atoms with Crippen LogP contribution in [0.5, 0.6) is 0 Å². The highest BCUT2D eigenvalue weighted by Crippen LogP contribution is 2.39. The Morgan fingerprint density at radius 3 is 2.57 bits per heavy atom. The zero-order valence-corrected chi connectivity index (χ0v) is 8.13. The molecule has 0 bridgehead atoms. The van der Waals surface area contributed by atoms with Gasteiger partial charge in [-0.15, -0.1) is 0 Å². The molecule has 0 saturated heterocycles. The van der Waals surface area contributed by atoms with Gasteiger partial charge in [0.15, 0.2) is 0 Å². The molecule has 3 heteroatoms. The topological polar surface area (TPSA) is 46.2 Å². The van der Waals surface area contributed by atoms with Crippen molar-refractivity contribution in [1.29, 1.82) is 0 Å². The summed E-state index contributed by atoms with van der Waals surface area (Å²) in [5.74, 6) is -0.258. The van der Waals surface area contributed by atoms with E-state index in [4.69, 9.17) is 5.73 Å². The summed E-state index contributed by atoms with van der Waals surface area (Å²) in [5, 5.41) is 9.21. The van der Waals surface area contributed by atoms with Crippen LogP contribution in [0.4, 0.5) is 4.39 Å². The SMILES string of the molecule is Cc1cc(F)cc(C2(N)CC(O)C2)c1. The molecule has 0 atom stereocenters. The van der Waals surface area contributed by atoms with Crippen molar-refractivity contribution in [3.8, 4) is 0 Å². The van der Waals surface area contributed by atoms with Gasteiger partial charge in [0, 0.05) is 5.54 Å². The van der Waals surface area contributed by atoms with E-state index in [1.54, 1.807) is 0 Å². The van der Waals surface area contributed by atoms with E-state index in [2.05, 4.69) is 0 Å². The van der Waals surface area contributed by atoms with Gasteiger partial charge in [-0.3, -0.25) is 0 Å². The van der Waals surface area contributed by atoms with Crippen LogP contribution in [0, 0.1) is 12.7 Å². The van der Waals surface area contributed by atoms with E-state index in [1.165, 1.54) is 12.1 Å². The van der Waals surface area contributed by atoms with E-state index >= 15 is 0 Å². The van der Waals surface area contributed by atoms with Crippen LogP contribution in [0.2, 0.25) is 0 Å². The molecule has 1 aromatic rings.